The Kier molecular flexibility index (Phi) is 4.83. The molecule has 4 nitrogen and oxygen atoms in total. The summed E-state index contributed by atoms with van der Waals surface area (Å²) in [6.07, 6.45) is 0. The largest absolute Gasteiger partial charge is 0.435 e. The molecule has 0 fully saturated rings. The highest BCUT2D eigenvalue weighted by molar-refractivity contribution is 5.95. The maximum Gasteiger partial charge on any atom is 0.387 e. The zero-order valence-electron chi connectivity index (χ0n) is 11.6. The van der Waals surface area contributed by atoms with Crippen molar-refractivity contribution >= 4 is 11.8 Å². The number of alkyl halides is 2. The van der Waals surface area contributed by atoms with Gasteiger partial charge in [0, 0.05) is 5.56 Å². The lowest BCUT2D eigenvalue weighted by atomic mass is 10.1. The van der Waals surface area contributed by atoms with Gasteiger partial charge in [0.05, 0.1) is 5.56 Å². The molecule has 0 atom stereocenters. The van der Waals surface area contributed by atoms with Crippen molar-refractivity contribution in [2.75, 3.05) is 0 Å². The molecule has 0 aliphatic rings. The lowest BCUT2D eigenvalue weighted by molar-refractivity contribution is -0.0499. The predicted molar refractivity (Wildman–Crippen MR) is 74.5 cm³/mol. The summed E-state index contributed by atoms with van der Waals surface area (Å²) >= 11 is 0. The molecule has 0 heterocycles. The van der Waals surface area contributed by atoms with Crippen LogP contribution in [0.2, 0.25) is 0 Å². The quantitative estimate of drug-likeness (QED) is 0.480. The summed E-state index contributed by atoms with van der Waals surface area (Å²) in [6, 6.07) is 11.4. The van der Waals surface area contributed by atoms with Gasteiger partial charge in [0.25, 0.3) is 0 Å². The van der Waals surface area contributed by atoms with Gasteiger partial charge in [-0.25, -0.2) is 4.79 Å². The van der Waals surface area contributed by atoms with Gasteiger partial charge in [-0.05, 0) is 37.3 Å². The van der Waals surface area contributed by atoms with Crippen LogP contribution < -0.4 is 9.47 Å². The van der Waals surface area contributed by atoms with Crippen LogP contribution in [0.3, 0.4) is 0 Å². The molecule has 0 radical (unpaired) electrons. The summed E-state index contributed by atoms with van der Waals surface area (Å²) in [7, 11) is 0. The molecule has 2 aromatic rings. The van der Waals surface area contributed by atoms with E-state index in [1.54, 1.807) is 12.1 Å². The van der Waals surface area contributed by atoms with Gasteiger partial charge in [0.1, 0.15) is 11.5 Å². The third kappa shape index (κ3) is 4.12. The first-order valence-electron chi connectivity index (χ1n) is 6.34. The molecular formula is C16H12F2O4. The van der Waals surface area contributed by atoms with Crippen LogP contribution in [0.5, 0.6) is 11.5 Å². The molecule has 0 unspecified atom stereocenters. The van der Waals surface area contributed by atoms with Gasteiger partial charge in [-0.3, -0.25) is 4.79 Å². The van der Waals surface area contributed by atoms with Gasteiger partial charge in [-0.1, -0.05) is 18.2 Å². The number of halogens is 2. The van der Waals surface area contributed by atoms with Crippen LogP contribution in [-0.2, 0) is 0 Å². The van der Waals surface area contributed by atoms with Crippen LogP contribution in [0.1, 0.15) is 27.6 Å². The van der Waals surface area contributed by atoms with E-state index in [4.69, 9.17) is 4.74 Å². The monoisotopic (exact) mass is 306 g/mol. The molecule has 0 saturated heterocycles. The highest BCUT2D eigenvalue weighted by atomic mass is 19.3. The maximum absolute atomic E-state index is 12.1. The number of Topliss-reactive ketones (excluding diaryl/α,β-unsaturated/α-hetero) is 1. The summed E-state index contributed by atoms with van der Waals surface area (Å²) in [5.74, 6) is -0.842. The number of ether oxygens (including phenoxy) is 2. The van der Waals surface area contributed by atoms with Crippen LogP contribution in [0.4, 0.5) is 8.78 Å². The van der Waals surface area contributed by atoms with E-state index in [9.17, 15) is 18.4 Å². The molecule has 0 N–H and O–H groups in total. The SMILES string of the molecule is CC(=O)c1cccc(OC(=O)c2cccc(OC(F)F)c2)c1. The molecule has 114 valence electrons. The minimum atomic E-state index is -2.97. The Morgan fingerprint density at radius 1 is 0.955 bits per heavy atom. The lowest BCUT2D eigenvalue weighted by Crippen LogP contribution is -2.10. The number of esters is 1. The molecule has 2 rings (SSSR count). The highest BCUT2D eigenvalue weighted by Crippen LogP contribution is 2.19. The van der Waals surface area contributed by atoms with E-state index in [1.165, 1.54) is 37.3 Å². The molecule has 0 aliphatic heterocycles. The van der Waals surface area contributed by atoms with E-state index >= 15 is 0 Å². The Morgan fingerprint density at radius 2 is 1.55 bits per heavy atom. The first kappa shape index (κ1) is 15.6. The number of carbonyl (C=O) groups is 2. The number of rotatable bonds is 5. The Bertz CT molecular complexity index is 698. The minimum absolute atomic E-state index is 0.0615. The molecule has 0 spiro atoms. The van der Waals surface area contributed by atoms with Crippen molar-refractivity contribution in [1.29, 1.82) is 0 Å². The van der Waals surface area contributed by atoms with Crippen LogP contribution in [0.15, 0.2) is 48.5 Å². The van der Waals surface area contributed by atoms with Crippen molar-refractivity contribution in [2.24, 2.45) is 0 Å². The molecule has 0 bridgehead atoms. The van der Waals surface area contributed by atoms with Crippen LogP contribution in [0.25, 0.3) is 0 Å². The van der Waals surface area contributed by atoms with Gasteiger partial charge in [-0.15, -0.1) is 0 Å². The molecule has 2 aromatic carbocycles. The Labute approximate surface area is 125 Å². The molecule has 0 aromatic heterocycles. The fourth-order valence-electron chi connectivity index (χ4n) is 1.74. The van der Waals surface area contributed by atoms with Crippen molar-refractivity contribution < 1.29 is 27.8 Å². The number of hydrogen-bond acceptors (Lipinski definition) is 4. The second-order valence-electron chi connectivity index (χ2n) is 4.38. The third-order valence-electron chi connectivity index (χ3n) is 2.75. The van der Waals surface area contributed by atoms with Crippen LogP contribution in [0, 0.1) is 0 Å². The second kappa shape index (κ2) is 6.80. The Hall–Kier alpha value is -2.76. The van der Waals surface area contributed by atoms with E-state index in [-0.39, 0.29) is 22.8 Å². The Balaban J connectivity index is 2.15. The predicted octanol–water partition coefficient (Wildman–Crippen LogP) is 3.71. The average Bonchev–Trinajstić information content (AvgIpc) is 2.47. The first-order valence-corrected chi connectivity index (χ1v) is 6.34. The van der Waals surface area contributed by atoms with Gasteiger partial charge < -0.3 is 9.47 Å². The molecule has 22 heavy (non-hydrogen) atoms. The molecule has 6 heteroatoms. The van der Waals surface area contributed by atoms with E-state index in [0.717, 1.165) is 6.07 Å². The smallest absolute Gasteiger partial charge is 0.387 e. The van der Waals surface area contributed by atoms with Crippen molar-refractivity contribution in [3.05, 3.63) is 59.7 Å². The molecule has 0 saturated carbocycles. The van der Waals surface area contributed by atoms with Gasteiger partial charge in [0.15, 0.2) is 5.78 Å². The van der Waals surface area contributed by atoms with Crippen molar-refractivity contribution in [3.63, 3.8) is 0 Å². The van der Waals surface area contributed by atoms with Gasteiger partial charge in [0.2, 0.25) is 0 Å². The normalized spacial score (nSPS) is 10.4. The number of benzene rings is 2. The standard InChI is InChI=1S/C16H12F2O4/c1-10(19)11-4-2-6-13(8-11)21-15(20)12-5-3-7-14(9-12)22-16(17)18/h2-9,16H,1H3. The van der Waals surface area contributed by atoms with Crippen LogP contribution >= 0.6 is 0 Å². The van der Waals surface area contributed by atoms with E-state index < -0.39 is 12.6 Å². The van der Waals surface area contributed by atoms with E-state index in [1.807, 2.05) is 0 Å². The first-order chi connectivity index (χ1) is 10.5. The summed E-state index contributed by atoms with van der Waals surface area (Å²) in [4.78, 5) is 23.3. The summed E-state index contributed by atoms with van der Waals surface area (Å²) < 4.78 is 33.6. The average molecular weight is 306 g/mol. The van der Waals surface area contributed by atoms with Gasteiger partial charge >= 0.3 is 12.6 Å². The number of hydrogen-bond donors (Lipinski definition) is 0. The zero-order valence-corrected chi connectivity index (χ0v) is 11.6. The number of ketones is 1. The molecule has 0 amide bonds. The van der Waals surface area contributed by atoms with E-state index in [0.29, 0.717) is 5.56 Å². The Morgan fingerprint density at radius 3 is 2.18 bits per heavy atom. The second-order valence-corrected chi connectivity index (χ2v) is 4.38. The van der Waals surface area contributed by atoms with Crippen molar-refractivity contribution in [3.8, 4) is 11.5 Å². The van der Waals surface area contributed by atoms with Gasteiger partial charge in [-0.2, -0.15) is 8.78 Å². The van der Waals surface area contributed by atoms with E-state index in [2.05, 4.69) is 4.74 Å². The lowest BCUT2D eigenvalue weighted by Gasteiger charge is -2.08. The summed E-state index contributed by atoms with van der Waals surface area (Å²) in [5, 5.41) is 0. The summed E-state index contributed by atoms with van der Waals surface area (Å²) in [5.41, 5.74) is 0.464. The molecular weight excluding hydrogens is 294 g/mol. The molecule has 0 aliphatic carbocycles. The highest BCUT2D eigenvalue weighted by Gasteiger charge is 2.12. The van der Waals surface area contributed by atoms with Crippen molar-refractivity contribution in [1.82, 2.24) is 0 Å². The third-order valence-corrected chi connectivity index (χ3v) is 2.75. The fraction of sp³-hybridized carbons (Fsp3) is 0.125. The minimum Gasteiger partial charge on any atom is -0.435 e. The number of carbonyl (C=O) groups excluding carboxylic acids is 2. The zero-order chi connectivity index (χ0) is 16.1. The summed E-state index contributed by atoms with van der Waals surface area (Å²) in [6.45, 7) is -1.58. The topological polar surface area (TPSA) is 52.6 Å². The maximum atomic E-state index is 12.1. The van der Waals surface area contributed by atoms with Crippen LogP contribution in [-0.4, -0.2) is 18.4 Å². The fourth-order valence-corrected chi connectivity index (χ4v) is 1.74. The van der Waals surface area contributed by atoms with Crippen molar-refractivity contribution in [2.45, 2.75) is 13.5 Å².